The summed E-state index contributed by atoms with van der Waals surface area (Å²) in [5, 5.41) is 12.8. The first-order chi connectivity index (χ1) is 14.7. The molecule has 2 amide bonds. The van der Waals surface area contributed by atoms with Crippen LogP contribution in [0.2, 0.25) is 0 Å². The third kappa shape index (κ3) is 6.35. The van der Waals surface area contributed by atoms with Gasteiger partial charge in [-0.1, -0.05) is 49.6 Å². The minimum Gasteiger partial charge on any atom is -0.481 e. The van der Waals surface area contributed by atoms with Gasteiger partial charge in [-0.25, -0.2) is 8.42 Å². The second-order valence-electron chi connectivity index (χ2n) is 7.90. The number of carbonyl (C=O) groups is 3. The number of aliphatic carboxylic acids is 1. The molecule has 9 heteroatoms. The third-order valence-corrected chi connectivity index (χ3v) is 6.95. The van der Waals surface area contributed by atoms with Crippen molar-refractivity contribution in [3.05, 3.63) is 42.5 Å². The lowest BCUT2D eigenvalue weighted by Gasteiger charge is -2.21. The molecule has 0 aliphatic heterocycles. The molecule has 3 N–H and O–H groups in total. The molecule has 0 saturated heterocycles. The highest BCUT2D eigenvalue weighted by molar-refractivity contribution is 7.89. The lowest BCUT2D eigenvalue weighted by atomic mass is 9.87. The molecule has 1 saturated carbocycles. The fourth-order valence-corrected chi connectivity index (χ4v) is 5.11. The van der Waals surface area contributed by atoms with Crippen LogP contribution in [0, 0.1) is 5.92 Å². The van der Waals surface area contributed by atoms with Gasteiger partial charge in [0.05, 0.1) is 11.3 Å². The lowest BCUT2D eigenvalue weighted by molar-refractivity contribution is -0.141. The van der Waals surface area contributed by atoms with Crippen LogP contribution in [-0.2, 0) is 24.4 Å². The van der Waals surface area contributed by atoms with E-state index in [0.29, 0.717) is 5.39 Å². The molecule has 1 atom stereocenters. The third-order valence-electron chi connectivity index (χ3n) is 5.49. The van der Waals surface area contributed by atoms with Gasteiger partial charge in [0.15, 0.2) is 0 Å². The number of carboxylic acid groups (broad SMARTS) is 1. The number of carbonyl (C=O) groups excluding carboxylic acids is 2. The molecule has 2 aromatic rings. The van der Waals surface area contributed by atoms with E-state index in [1.807, 2.05) is 12.1 Å². The van der Waals surface area contributed by atoms with Crippen molar-refractivity contribution in [2.45, 2.75) is 55.9 Å². The molecule has 31 heavy (non-hydrogen) atoms. The van der Waals surface area contributed by atoms with Crippen LogP contribution >= 0.6 is 0 Å². The molecule has 0 aromatic heterocycles. The minimum atomic E-state index is -4.19. The van der Waals surface area contributed by atoms with E-state index in [-0.39, 0.29) is 17.2 Å². The van der Waals surface area contributed by atoms with Gasteiger partial charge in [-0.2, -0.15) is 4.72 Å². The number of benzene rings is 2. The highest BCUT2D eigenvalue weighted by Gasteiger charge is 2.29. The first-order valence-electron chi connectivity index (χ1n) is 10.3. The number of sulfonamides is 1. The molecule has 0 radical (unpaired) electrons. The zero-order valence-corrected chi connectivity index (χ0v) is 17.9. The monoisotopic (exact) mass is 446 g/mol. The number of nitrogens with one attached hydrogen (secondary N) is 2. The molecule has 0 spiro atoms. The zero-order valence-electron chi connectivity index (χ0n) is 17.0. The smallest absolute Gasteiger partial charge is 0.305 e. The Morgan fingerprint density at radius 1 is 1.00 bits per heavy atom. The number of hydrogen-bond donors (Lipinski definition) is 3. The summed E-state index contributed by atoms with van der Waals surface area (Å²) < 4.78 is 27.8. The molecule has 0 heterocycles. The van der Waals surface area contributed by atoms with Gasteiger partial charge in [-0.05, 0) is 41.7 Å². The quantitative estimate of drug-likeness (QED) is 0.571. The van der Waals surface area contributed by atoms with E-state index in [1.165, 1.54) is 12.1 Å². The summed E-state index contributed by atoms with van der Waals surface area (Å²) in [5.74, 6) is -2.65. The van der Waals surface area contributed by atoms with E-state index in [4.69, 9.17) is 5.11 Å². The lowest BCUT2D eigenvalue weighted by Crippen LogP contribution is -2.49. The van der Waals surface area contributed by atoms with E-state index in [0.717, 1.165) is 37.5 Å². The Bertz CT molecular complexity index is 1080. The molecule has 1 aliphatic carbocycles. The standard InChI is InChI=1S/C22H26N2O6S/c25-20(12-15-6-2-1-3-7-15)23-22(28)19(14-21(26)27)24-31(29,30)18-11-10-16-8-4-5-9-17(16)13-18/h4-5,8-11,13,15,19,24H,1-3,6-7,12,14H2,(H,26,27)(H,23,25,28)/t19-/m0/s1. The molecule has 0 unspecified atom stereocenters. The van der Waals surface area contributed by atoms with E-state index in [9.17, 15) is 22.8 Å². The highest BCUT2D eigenvalue weighted by Crippen LogP contribution is 2.26. The predicted octanol–water partition coefficient (Wildman–Crippen LogP) is 2.57. The van der Waals surface area contributed by atoms with Crippen LogP contribution in [0.5, 0.6) is 0 Å². The maximum Gasteiger partial charge on any atom is 0.305 e. The van der Waals surface area contributed by atoms with E-state index in [2.05, 4.69) is 10.0 Å². The molecule has 1 fully saturated rings. The van der Waals surface area contributed by atoms with Crippen molar-refractivity contribution in [3.8, 4) is 0 Å². The maximum atomic E-state index is 12.8. The maximum absolute atomic E-state index is 12.8. The summed E-state index contributed by atoms with van der Waals surface area (Å²) in [6.07, 6.45) is 4.42. The Balaban J connectivity index is 1.71. The van der Waals surface area contributed by atoms with Crippen molar-refractivity contribution < 1.29 is 27.9 Å². The van der Waals surface area contributed by atoms with Crippen molar-refractivity contribution in [1.82, 2.24) is 10.0 Å². The number of rotatable bonds is 8. The first kappa shape index (κ1) is 22.9. The second-order valence-corrected chi connectivity index (χ2v) is 9.62. The Morgan fingerprint density at radius 2 is 1.68 bits per heavy atom. The number of imide groups is 1. The van der Waals surface area contributed by atoms with Crippen LogP contribution in [0.1, 0.15) is 44.9 Å². The van der Waals surface area contributed by atoms with E-state index < -0.39 is 40.3 Å². The minimum absolute atomic E-state index is 0.0945. The molecule has 0 bridgehead atoms. The van der Waals surface area contributed by atoms with Crippen LogP contribution < -0.4 is 10.0 Å². The van der Waals surface area contributed by atoms with Gasteiger partial charge in [-0.3, -0.25) is 19.7 Å². The van der Waals surface area contributed by atoms with Crippen LogP contribution in [0.15, 0.2) is 47.4 Å². The van der Waals surface area contributed by atoms with Gasteiger partial charge in [-0.15, -0.1) is 0 Å². The van der Waals surface area contributed by atoms with Crippen LogP contribution in [-0.4, -0.2) is 37.3 Å². The van der Waals surface area contributed by atoms with Gasteiger partial charge >= 0.3 is 5.97 Å². The van der Waals surface area contributed by atoms with Crippen LogP contribution in [0.4, 0.5) is 0 Å². The topological polar surface area (TPSA) is 130 Å². The van der Waals surface area contributed by atoms with E-state index >= 15 is 0 Å². The predicted molar refractivity (Wildman–Crippen MR) is 115 cm³/mol. The fraction of sp³-hybridized carbons (Fsp3) is 0.409. The van der Waals surface area contributed by atoms with Crippen LogP contribution in [0.25, 0.3) is 10.8 Å². The molecule has 3 rings (SSSR count). The number of hydrogen-bond acceptors (Lipinski definition) is 5. The zero-order chi connectivity index (χ0) is 22.4. The largest absolute Gasteiger partial charge is 0.481 e. The van der Waals surface area contributed by atoms with Crippen molar-refractivity contribution >= 4 is 38.6 Å². The van der Waals surface area contributed by atoms with Gasteiger partial charge in [0, 0.05) is 6.42 Å². The molecular formula is C22H26N2O6S. The Hall–Kier alpha value is -2.78. The Kier molecular flexibility index (Phi) is 7.40. The summed E-state index contributed by atoms with van der Waals surface area (Å²) in [7, 11) is -4.19. The fourth-order valence-electron chi connectivity index (χ4n) is 3.88. The van der Waals surface area contributed by atoms with Crippen LogP contribution in [0.3, 0.4) is 0 Å². The van der Waals surface area contributed by atoms with Crippen molar-refractivity contribution in [2.75, 3.05) is 0 Å². The van der Waals surface area contributed by atoms with Gasteiger partial charge in [0.2, 0.25) is 21.8 Å². The average molecular weight is 447 g/mol. The molecular weight excluding hydrogens is 420 g/mol. The van der Waals surface area contributed by atoms with Crippen molar-refractivity contribution in [2.24, 2.45) is 5.92 Å². The summed E-state index contributed by atoms with van der Waals surface area (Å²) >= 11 is 0. The van der Waals surface area contributed by atoms with E-state index in [1.54, 1.807) is 18.2 Å². The Labute approximate surface area is 181 Å². The van der Waals surface area contributed by atoms with Gasteiger partial charge in [0.1, 0.15) is 6.04 Å². The first-order valence-corrected chi connectivity index (χ1v) is 11.8. The Morgan fingerprint density at radius 3 is 2.35 bits per heavy atom. The van der Waals surface area contributed by atoms with Crippen molar-refractivity contribution in [1.29, 1.82) is 0 Å². The average Bonchev–Trinajstić information content (AvgIpc) is 2.73. The summed E-state index contributed by atoms with van der Waals surface area (Å²) in [6.45, 7) is 0. The molecule has 166 valence electrons. The second kappa shape index (κ2) is 10.0. The summed E-state index contributed by atoms with van der Waals surface area (Å²) in [4.78, 5) is 35.9. The van der Waals surface area contributed by atoms with Crippen molar-refractivity contribution in [3.63, 3.8) is 0 Å². The number of amides is 2. The molecule has 8 nitrogen and oxygen atoms in total. The van der Waals surface area contributed by atoms with Gasteiger partial charge < -0.3 is 5.11 Å². The number of carboxylic acids is 1. The summed E-state index contributed by atoms with van der Waals surface area (Å²) in [6, 6.07) is 10.0. The highest BCUT2D eigenvalue weighted by atomic mass is 32.2. The van der Waals surface area contributed by atoms with Gasteiger partial charge in [0.25, 0.3) is 0 Å². The SMILES string of the molecule is O=C(O)C[C@H](NS(=O)(=O)c1ccc2ccccc2c1)C(=O)NC(=O)CC1CCCCC1. The normalized spacial score (nSPS) is 16.0. The summed E-state index contributed by atoms with van der Waals surface area (Å²) in [5.41, 5.74) is 0. The molecule has 1 aliphatic rings. The number of fused-ring (bicyclic) bond motifs is 1. The molecule has 2 aromatic carbocycles.